The highest BCUT2D eigenvalue weighted by molar-refractivity contribution is 5.22. The standard InChI is InChI=1S/C29H45N3O2/c1-6-29-14-13-26(2,33)15-21(29)7-8-22-23-9-10-25(27(23,3)12-11-24(22)29)28(4,34-5)19-32-18-20(16-30)17-31-32/h17-18,21-25,33H,6-15,19H2,1-5H3/t21-,22+,23+,24+,25+,26-,27+,28+,29+/m1/s1. The number of hydrogen-bond acceptors (Lipinski definition) is 4. The van der Waals surface area contributed by atoms with Crippen LogP contribution in [0.2, 0.25) is 0 Å². The lowest BCUT2D eigenvalue weighted by atomic mass is 9.42. The number of nitrogens with zero attached hydrogens (tertiary/aromatic N) is 3. The molecule has 0 aliphatic heterocycles. The number of aliphatic hydroxyl groups is 1. The quantitative estimate of drug-likeness (QED) is 0.580. The highest BCUT2D eigenvalue weighted by atomic mass is 16.5. The molecule has 0 saturated heterocycles. The van der Waals surface area contributed by atoms with Gasteiger partial charge in [-0.1, -0.05) is 13.8 Å². The second kappa shape index (κ2) is 8.34. The summed E-state index contributed by atoms with van der Waals surface area (Å²) < 4.78 is 8.21. The minimum Gasteiger partial charge on any atom is -0.390 e. The van der Waals surface area contributed by atoms with Crippen LogP contribution in [0.15, 0.2) is 12.4 Å². The molecule has 5 nitrogen and oxygen atoms in total. The van der Waals surface area contributed by atoms with E-state index in [1.165, 1.54) is 51.4 Å². The third-order valence-electron chi connectivity index (χ3n) is 11.8. The summed E-state index contributed by atoms with van der Waals surface area (Å²) in [6.45, 7) is 10.1. The van der Waals surface area contributed by atoms with Crippen molar-refractivity contribution >= 4 is 0 Å². The topological polar surface area (TPSA) is 71.1 Å². The van der Waals surface area contributed by atoms with Gasteiger partial charge in [0.2, 0.25) is 0 Å². The molecule has 34 heavy (non-hydrogen) atoms. The van der Waals surface area contributed by atoms with Crippen LogP contribution in [0.25, 0.3) is 0 Å². The van der Waals surface area contributed by atoms with E-state index >= 15 is 0 Å². The average Bonchev–Trinajstić information content (AvgIpc) is 3.41. The Morgan fingerprint density at radius 1 is 1.18 bits per heavy atom. The van der Waals surface area contributed by atoms with E-state index in [1.807, 2.05) is 18.0 Å². The molecule has 0 unspecified atom stereocenters. The molecule has 4 saturated carbocycles. The van der Waals surface area contributed by atoms with Gasteiger partial charge in [0.15, 0.2) is 0 Å². The molecule has 1 heterocycles. The molecule has 4 aliphatic rings. The zero-order valence-electron chi connectivity index (χ0n) is 22.0. The molecule has 1 aromatic rings. The van der Waals surface area contributed by atoms with Crippen LogP contribution >= 0.6 is 0 Å². The molecule has 1 aromatic heterocycles. The van der Waals surface area contributed by atoms with Crippen molar-refractivity contribution in [3.8, 4) is 6.07 Å². The minimum atomic E-state index is -0.462. The first-order valence-corrected chi connectivity index (χ1v) is 13.8. The van der Waals surface area contributed by atoms with Crippen molar-refractivity contribution in [1.82, 2.24) is 9.78 Å². The molecular formula is C29H45N3O2. The normalized spacial score (nSPS) is 45.5. The lowest BCUT2D eigenvalue weighted by molar-refractivity contribution is -0.170. The van der Waals surface area contributed by atoms with Gasteiger partial charge >= 0.3 is 0 Å². The molecule has 1 N–H and O–H groups in total. The van der Waals surface area contributed by atoms with E-state index in [0.717, 1.165) is 30.6 Å². The number of aromatic nitrogens is 2. The van der Waals surface area contributed by atoms with Gasteiger partial charge in [0, 0.05) is 13.3 Å². The molecule has 0 spiro atoms. The molecule has 0 bridgehead atoms. The first kappa shape index (κ1) is 24.3. The largest absolute Gasteiger partial charge is 0.390 e. The smallest absolute Gasteiger partial charge is 0.102 e. The van der Waals surface area contributed by atoms with E-state index in [2.05, 4.69) is 38.9 Å². The maximum Gasteiger partial charge on any atom is 0.102 e. The Labute approximate surface area is 206 Å². The SMILES string of the molecule is CC[C@]12CC[C@@](C)(O)C[C@H]1CC[C@H]1[C@@H]3CC[C@H]([C@](C)(Cn4cc(C#N)cn4)OC)[C@@]3(C)CC[C@@H]12. The van der Waals surface area contributed by atoms with Crippen molar-refractivity contribution in [2.45, 2.75) is 110 Å². The van der Waals surface area contributed by atoms with Crippen LogP contribution in [0.3, 0.4) is 0 Å². The third kappa shape index (κ3) is 3.58. The molecule has 0 radical (unpaired) electrons. The average molecular weight is 468 g/mol. The zero-order valence-corrected chi connectivity index (χ0v) is 22.0. The van der Waals surface area contributed by atoms with Crippen LogP contribution in [-0.2, 0) is 11.3 Å². The summed E-state index contributed by atoms with van der Waals surface area (Å²) in [7, 11) is 1.86. The van der Waals surface area contributed by atoms with Gasteiger partial charge in [-0.05, 0) is 118 Å². The van der Waals surface area contributed by atoms with Crippen LogP contribution < -0.4 is 0 Å². The molecule has 4 aliphatic carbocycles. The Bertz CT molecular complexity index is 949. The maximum atomic E-state index is 10.9. The summed E-state index contributed by atoms with van der Waals surface area (Å²) in [5.41, 5.74) is 0.591. The monoisotopic (exact) mass is 467 g/mol. The van der Waals surface area contributed by atoms with Gasteiger partial charge < -0.3 is 9.84 Å². The molecule has 5 rings (SSSR count). The van der Waals surface area contributed by atoms with E-state index in [9.17, 15) is 10.4 Å². The van der Waals surface area contributed by atoms with Gasteiger partial charge in [0.1, 0.15) is 6.07 Å². The number of methoxy groups -OCH3 is 1. The zero-order chi connectivity index (χ0) is 24.4. The predicted octanol–water partition coefficient (Wildman–Crippen LogP) is 5.96. The Balaban J connectivity index is 1.40. The number of ether oxygens (including phenoxy) is 1. The Morgan fingerprint density at radius 2 is 1.97 bits per heavy atom. The molecule has 0 aromatic carbocycles. The van der Waals surface area contributed by atoms with Gasteiger partial charge in [-0.3, -0.25) is 4.68 Å². The third-order valence-corrected chi connectivity index (χ3v) is 11.8. The van der Waals surface area contributed by atoms with Gasteiger partial charge in [0.05, 0.1) is 29.5 Å². The Hall–Kier alpha value is -1.38. The highest BCUT2D eigenvalue weighted by Gasteiger charge is 2.63. The second-order valence-corrected chi connectivity index (χ2v) is 13.2. The number of nitriles is 1. The summed E-state index contributed by atoms with van der Waals surface area (Å²) >= 11 is 0. The fourth-order valence-electron chi connectivity index (χ4n) is 10.1. The van der Waals surface area contributed by atoms with Crippen LogP contribution in [0, 0.1) is 51.8 Å². The van der Waals surface area contributed by atoms with Crippen molar-refractivity contribution in [3.05, 3.63) is 18.0 Å². The van der Waals surface area contributed by atoms with E-state index < -0.39 is 5.60 Å². The van der Waals surface area contributed by atoms with E-state index in [1.54, 1.807) is 6.20 Å². The molecular weight excluding hydrogens is 422 g/mol. The first-order valence-electron chi connectivity index (χ1n) is 13.8. The summed E-state index contributed by atoms with van der Waals surface area (Å²) in [6, 6.07) is 2.20. The van der Waals surface area contributed by atoms with Gasteiger partial charge in [-0.2, -0.15) is 10.4 Å². The molecule has 188 valence electrons. The van der Waals surface area contributed by atoms with Gasteiger partial charge in [-0.25, -0.2) is 0 Å². The number of hydrogen-bond donors (Lipinski definition) is 1. The minimum absolute atomic E-state index is 0.291. The second-order valence-electron chi connectivity index (χ2n) is 13.2. The van der Waals surface area contributed by atoms with Crippen LogP contribution in [0.1, 0.15) is 97.5 Å². The fraction of sp³-hybridized carbons (Fsp3) is 0.862. The summed E-state index contributed by atoms with van der Waals surface area (Å²) in [4.78, 5) is 0. The van der Waals surface area contributed by atoms with Gasteiger partial charge in [-0.15, -0.1) is 0 Å². The molecule has 0 amide bonds. The molecule has 9 atom stereocenters. The fourth-order valence-corrected chi connectivity index (χ4v) is 10.1. The van der Waals surface area contributed by atoms with Gasteiger partial charge in [0.25, 0.3) is 0 Å². The van der Waals surface area contributed by atoms with E-state index in [0.29, 0.717) is 34.8 Å². The summed E-state index contributed by atoms with van der Waals surface area (Å²) in [6.07, 6.45) is 15.8. The Kier molecular flexibility index (Phi) is 5.97. The van der Waals surface area contributed by atoms with Crippen molar-refractivity contribution in [1.29, 1.82) is 5.26 Å². The summed E-state index contributed by atoms with van der Waals surface area (Å²) in [5.74, 6) is 3.60. The van der Waals surface area contributed by atoms with E-state index in [-0.39, 0.29) is 5.60 Å². The number of fused-ring (bicyclic) bond motifs is 5. The van der Waals surface area contributed by atoms with Crippen molar-refractivity contribution in [3.63, 3.8) is 0 Å². The van der Waals surface area contributed by atoms with Crippen LogP contribution in [0.5, 0.6) is 0 Å². The predicted molar refractivity (Wildman–Crippen MR) is 133 cm³/mol. The Morgan fingerprint density at radius 3 is 2.65 bits per heavy atom. The molecule has 5 heteroatoms. The maximum absolute atomic E-state index is 10.9. The van der Waals surface area contributed by atoms with Crippen LogP contribution in [-0.4, -0.2) is 33.2 Å². The van der Waals surface area contributed by atoms with Crippen LogP contribution in [0.4, 0.5) is 0 Å². The van der Waals surface area contributed by atoms with Crippen molar-refractivity contribution < 1.29 is 9.84 Å². The highest BCUT2D eigenvalue weighted by Crippen LogP contribution is 2.70. The lowest BCUT2D eigenvalue weighted by Crippen LogP contribution is -2.57. The van der Waals surface area contributed by atoms with E-state index in [4.69, 9.17) is 4.74 Å². The van der Waals surface area contributed by atoms with Crippen molar-refractivity contribution in [2.75, 3.05) is 7.11 Å². The molecule has 4 fully saturated rings. The van der Waals surface area contributed by atoms with Crippen molar-refractivity contribution in [2.24, 2.45) is 40.4 Å². The summed E-state index contributed by atoms with van der Waals surface area (Å²) in [5, 5.41) is 24.5. The lowest BCUT2D eigenvalue weighted by Gasteiger charge is -2.63. The number of rotatable bonds is 5. The first-order chi connectivity index (χ1) is 16.1.